The van der Waals surface area contributed by atoms with Crippen LogP contribution in [-0.4, -0.2) is 29.6 Å². The first-order valence-electron chi connectivity index (χ1n) is 6.91. The Morgan fingerprint density at radius 2 is 1.52 bits per heavy atom. The Labute approximate surface area is 164 Å². The fourth-order valence-electron chi connectivity index (χ4n) is 2.39. The first-order valence-corrected chi connectivity index (χ1v) is 9.92. The van der Waals surface area contributed by atoms with E-state index in [1.165, 1.54) is 30.3 Å². The summed E-state index contributed by atoms with van der Waals surface area (Å²) in [5.74, 6) is -0.603. The van der Waals surface area contributed by atoms with Crippen LogP contribution in [0.25, 0.3) is 0 Å². The number of carbonyl (C=O) groups is 1. The minimum absolute atomic E-state index is 0.0719. The second-order valence-electron chi connectivity index (χ2n) is 5.27. The van der Waals surface area contributed by atoms with Gasteiger partial charge in [-0.05, 0) is 24.3 Å². The summed E-state index contributed by atoms with van der Waals surface area (Å²) in [4.78, 5) is 12.3. The largest absolute Gasteiger partial charge is 0.291 e. The Morgan fingerprint density at radius 3 is 2.12 bits per heavy atom. The SMILES string of the molecule is O=C1c2ccccc2C(=NS(=O)(=O)c2ccc(Cl)cc2)C(Cl)C1(Cl)Cl. The Balaban J connectivity index is 2.21. The molecule has 0 radical (unpaired) electrons. The maximum absolute atomic E-state index is 12.6. The second-order valence-corrected chi connectivity index (χ2v) is 9.13. The Morgan fingerprint density at radius 1 is 0.960 bits per heavy atom. The van der Waals surface area contributed by atoms with Gasteiger partial charge in [0.1, 0.15) is 5.38 Å². The molecule has 130 valence electrons. The number of nitrogens with zero attached hydrogens (tertiary/aromatic N) is 1. The van der Waals surface area contributed by atoms with Gasteiger partial charge in [-0.25, -0.2) is 0 Å². The van der Waals surface area contributed by atoms with E-state index in [9.17, 15) is 13.2 Å². The summed E-state index contributed by atoms with van der Waals surface area (Å²) in [6, 6.07) is 11.8. The molecule has 0 fully saturated rings. The molecule has 1 unspecified atom stereocenters. The lowest BCUT2D eigenvalue weighted by Crippen LogP contribution is -2.46. The van der Waals surface area contributed by atoms with E-state index >= 15 is 0 Å². The minimum atomic E-state index is -4.10. The number of ketones is 1. The van der Waals surface area contributed by atoms with Gasteiger partial charge < -0.3 is 0 Å². The molecule has 0 amide bonds. The maximum Gasteiger partial charge on any atom is 0.282 e. The molecule has 0 aromatic heterocycles. The quantitative estimate of drug-likeness (QED) is 0.651. The van der Waals surface area contributed by atoms with E-state index in [-0.39, 0.29) is 21.7 Å². The normalized spacial score (nSPS) is 21.2. The Kier molecular flexibility index (Phi) is 4.90. The number of halogens is 4. The van der Waals surface area contributed by atoms with Crippen LogP contribution in [-0.2, 0) is 10.0 Å². The molecule has 0 spiro atoms. The van der Waals surface area contributed by atoms with Gasteiger partial charge in [0.2, 0.25) is 10.1 Å². The van der Waals surface area contributed by atoms with Crippen LogP contribution in [0.5, 0.6) is 0 Å². The molecule has 0 saturated carbocycles. The highest BCUT2D eigenvalue weighted by atomic mass is 35.5. The Hall–Kier alpha value is -1.11. The topological polar surface area (TPSA) is 63.6 Å². The van der Waals surface area contributed by atoms with Crippen LogP contribution in [0.1, 0.15) is 15.9 Å². The number of Topliss-reactive ketones (excluding diaryl/α,β-unsaturated/α-hetero) is 1. The smallest absolute Gasteiger partial charge is 0.282 e. The summed E-state index contributed by atoms with van der Waals surface area (Å²) in [5, 5.41) is -0.948. The van der Waals surface area contributed by atoms with E-state index in [0.717, 1.165) is 0 Å². The van der Waals surface area contributed by atoms with Crippen LogP contribution < -0.4 is 0 Å². The van der Waals surface area contributed by atoms with Crippen molar-refractivity contribution in [2.75, 3.05) is 0 Å². The van der Waals surface area contributed by atoms with Crippen molar-refractivity contribution in [1.82, 2.24) is 0 Å². The average molecular weight is 437 g/mol. The third-order valence-corrected chi connectivity index (χ3v) is 6.73. The van der Waals surface area contributed by atoms with Gasteiger partial charge in [0.15, 0.2) is 0 Å². The molecule has 9 heteroatoms. The van der Waals surface area contributed by atoms with Gasteiger partial charge in [-0.15, -0.1) is 11.6 Å². The van der Waals surface area contributed by atoms with Gasteiger partial charge in [-0.1, -0.05) is 59.1 Å². The zero-order valence-corrected chi connectivity index (χ0v) is 16.1. The van der Waals surface area contributed by atoms with Crippen molar-refractivity contribution in [2.24, 2.45) is 4.40 Å². The molecule has 4 nitrogen and oxygen atoms in total. The lowest BCUT2D eigenvalue weighted by Gasteiger charge is -2.31. The summed E-state index contributed by atoms with van der Waals surface area (Å²) < 4.78 is 27.0. The fourth-order valence-corrected chi connectivity index (χ4v) is 4.30. The van der Waals surface area contributed by atoms with Crippen molar-refractivity contribution < 1.29 is 13.2 Å². The van der Waals surface area contributed by atoms with Crippen LogP contribution in [0.2, 0.25) is 5.02 Å². The van der Waals surface area contributed by atoms with Gasteiger partial charge in [-0.3, -0.25) is 4.79 Å². The number of benzene rings is 2. The lowest BCUT2D eigenvalue weighted by molar-refractivity contribution is 0.0972. The van der Waals surface area contributed by atoms with E-state index in [0.29, 0.717) is 5.02 Å². The van der Waals surface area contributed by atoms with Crippen molar-refractivity contribution in [2.45, 2.75) is 14.6 Å². The molecule has 1 atom stereocenters. The highest BCUT2D eigenvalue weighted by Crippen LogP contribution is 2.41. The first-order chi connectivity index (χ1) is 11.6. The van der Waals surface area contributed by atoms with E-state index in [1.807, 2.05) is 0 Å². The zero-order chi connectivity index (χ0) is 18.4. The molecule has 0 N–H and O–H groups in total. The summed E-state index contributed by atoms with van der Waals surface area (Å²) in [6.45, 7) is 0. The number of hydrogen-bond acceptors (Lipinski definition) is 3. The average Bonchev–Trinajstić information content (AvgIpc) is 2.58. The molecule has 3 rings (SSSR count). The molecule has 0 aliphatic heterocycles. The third-order valence-electron chi connectivity index (χ3n) is 3.64. The maximum atomic E-state index is 12.6. The van der Waals surface area contributed by atoms with Crippen molar-refractivity contribution in [3.8, 4) is 0 Å². The molecule has 0 bridgehead atoms. The molecule has 0 heterocycles. The zero-order valence-electron chi connectivity index (χ0n) is 12.3. The van der Waals surface area contributed by atoms with E-state index in [2.05, 4.69) is 4.40 Å². The summed E-state index contributed by atoms with van der Waals surface area (Å²) in [7, 11) is -4.10. The second kappa shape index (κ2) is 6.56. The van der Waals surface area contributed by atoms with Crippen LogP contribution >= 0.6 is 46.4 Å². The number of rotatable bonds is 2. The van der Waals surface area contributed by atoms with Crippen LogP contribution in [0.3, 0.4) is 0 Å². The molecule has 0 saturated heterocycles. The standard InChI is InChI=1S/C16H9Cl4NO3S/c17-9-5-7-10(8-6-9)25(23,24)21-13-11-3-1-2-4-12(11)15(22)16(19,20)14(13)18/h1-8,14H. The van der Waals surface area contributed by atoms with Gasteiger partial charge in [0, 0.05) is 16.1 Å². The number of fused-ring (bicyclic) bond motifs is 1. The van der Waals surface area contributed by atoms with Gasteiger partial charge in [0.25, 0.3) is 10.0 Å². The van der Waals surface area contributed by atoms with Crippen molar-refractivity contribution in [1.29, 1.82) is 0 Å². The van der Waals surface area contributed by atoms with Crippen molar-refractivity contribution in [3.63, 3.8) is 0 Å². The number of carbonyl (C=O) groups excluding carboxylic acids is 1. The third kappa shape index (κ3) is 3.32. The Bertz CT molecular complexity index is 985. The summed E-state index contributed by atoms with van der Waals surface area (Å²) in [5.41, 5.74) is 0.355. The highest BCUT2D eigenvalue weighted by Gasteiger charge is 2.50. The summed E-state index contributed by atoms with van der Waals surface area (Å²) >= 11 is 24.2. The van der Waals surface area contributed by atoms with E-state index < -0.39 is 25.5 Å². The molecule has 25 heavy (non-hydrogen) atoms. The first kappa shape index (κ1) is 18.7. The number of sulfonamides is 1. The minimum Gasteiger partial charge on any atom is -0.291 e. The lowest BCUT2D eigenvalue weighted by atomic mass is 9.88. The van der Waals surface area contributed by atoms with E-state index in [1.54, 1.807) is 18.2 Å². The van der Waals surface area contributed by atoms with Crippen molar-refractivity contribution >= 4 is 67.9 Å². The molecular formula is C16H9Cl4NO3S. The summed E-state index contributed by atoms with van der Waals surface area (Å²) in [6.07, 6.45) is 0. The van der Waals surface area contributed by atoms with Crippen LogP contribution in [0.15, 0.2) is 57.8 Å². The molecule has 1 aliphatic rings. The van der Waals surface area contributed by atoms with Gasteiger partial charge >= 0.3 is 0 Å². The molecule has 2 aromatic rings. The molecule has 1 aliphatic carbocycles. The van der Waals surface area contributed by atoms with Crippen LogP contribution in [0.4, 0.5) is 0 Å². The monoisotopic (exact) mass is 435 g/mol. The molecule has 2 aromatic carbocycles. The van der Waals surface area contributed by atoms with Crippen LogP contribution in [0, 0.1) is 0 Å². The van der Waals surface area contributed by atoms with Crippen molar-refractivity contribution in [3.05, 3.63) is 64.7 Å². The number of hydrogen-bond donors (Lipinski definition) is 0. The predicted octanol–water partition coefficient (Wildman–Crippen LogP) is 4.50. The fraction of sp³-hybridized carbons (Fsp3) is 0.125. The molecular weight excluding hydrogens is 428 g/mol. The highest BCUT2D eigenvalue weighted by molar-refractivity contribution is 7.90. The predicted molar refractivity (Wildman–Crippen MR) is 100 cm³/mol. The van der Waals surface area contributed by atoms with E-state index in [4.69, 9.17) is 46.4 Å². The number of alkyl halides is 3. The van der Waals surface area contributed by atoms with Gasteiger partial charge in [-0.2, -0.15) is 12.8 Å². The van der Waals surface area contributed by atoms with Gasteiger partial charge in [0.05, 0.1) is 10.6 Å².